The summed E-state index contributed by atoms with van der Waals surface area (Å²) in [5.41, 5.74) is 1.10. The Kier molecular flexibility index (Phi) is 5.43. The number of hydrogen-bond acceptors (Lipinski definition) is 7. The Morgan fingerprint density at radius 3 is 2.81 bits per heavy atom. The molecule has 2 amide bonds. The Morgan fingerprint density at radius 2 is 2.07 bits per heavy atom. The number of ether oxygens (including phenoxy) is 1. The molecule has 1 aliphatic heterocycles. The fourth-order valence-electron chi connectivity index (χ4n) is 2.47. The standard InChI is InChI=1S/C19H14N2O5S/c1-2-25-17(22)11-21-18(23)16(27-19(21)24)9-13-7-8-15(26-13)14-6-4-3-5-12(14)10-20/h3-9H,2,11H2,1H3/b16-9+. The fourth-order valence-corrected chi connectivity index (χ4v) is 3.29. The summed E-state index contributed by atoms with van der Waals surface area (Å²) in [4.78, 5) is 36.9. The SMILES string of the molecule is CCOC(=O)CN1C(=O)S/C(=C/c2ccc(-c3ccccc3C#N)o2)C1=O. The van der Waals surface area contributed by atoms with Crippen molar-refractivity contribution in [3.8, 4) is 17.4 Å². The van der Waals surface area contributed by atoms with Crippen molar-refractivity contribution < 1.29 is 23.5 Å². The minimum atomic E-state index is -0.644. The summed E-state index contributed by atoms with van der Waals surface area (Å²) < 4.78 is 10.5. The lowest BCUT2D eigenvalue weighted by Gasteiger charge is -2.10. The van der Waals surface area contributed by atoms with Crippen LogP contribution in [0.1, 0.15) is 18.2 Å². The average molecular weight is 382 g/mol. The predicted molar refractivity (Wildman–Crippen MR) is 98.2 cm³/mol. The molecule has 0 spiro atoms. The molecule has 2 heterocycles. The van der Waals surface area contributed by atoms with Crippen LogP contribution in [0.4, 0.5) is 4.79 Å². The van der Waals surface area contributed by atoms with E-state index in [1.807, 2.05) is 0 Å². The van der Waals surface area contributed by atoms with Crippen LogP contribution in [0, 0.1) is 11.3 Å². The maximum atomic E-state index is 12.4. The summed E-state index contributed by atoms with van der Waals surface area (Å²) >= 11 is 0.728. The third kappa shape index (κ3) is 3.93. The van der Waals surface area contributed by atoms with Crippen LogP contribution < -0.4 is 0 Å². The minimum absolute atomic E-state index is 0.152. The Bertz CT molecular complexity index is 986. The molecule has 7 nitrogen and oxygen atoms in total. The summed E-state index contributed by atoms with van der Waals surface area (Å²) in [6.45, 7) is 1.39. The fraction of sp³-hybridized carbons (Fsp3) is 0.158. The van der Waals surface area contributed by atoms with Gasteiger partial charge in [-0.1, -0.05) is 12.1 Å². The number of carbonyl (C=O) groups is 3. The molecule has 27 heavy (non-hydrogen) atoms. The van der Waals surface area contributed by atoms with Crippen LogP contribution >= 0.6 is 11.8 Å². The Morgan fingerprint density at radius 1 is 1.30 bits per heavy atom. The summed E-state index contributed by atoms with van der Waals surface area (Å²) in [5, 5.41) is 8.65. The lowest BCUT2D eigenvalue weighted by Crippen LogP contribution is -2.34. The number of thioether (sulfide) groups is 1. The quantitative estimate of drug-likeness (QED) is 0.577. The number of amides is 2. The number of furan rings is 1. The van der Waals surface area contributed by atoms with Crippen LogP contribution in [0.25, 0.3) is 17.4 Å². The largest absolute Gasteiger partial charge is 0.465 e. The Balaban J connectivity index is 1.81. The van der Waals surface area contributed by atoms with Crippen molar-refractivity contribution in [2.45, 2.75) is 6.92 Å². The first-order valence-electron chi connectivity index (χ1n) is 8.03. The zero-order chi connectivity index (χ0) is 19.4. The molecule has 1 fully saturated rings. The van der Waals surface area contributed by atoms with Gasteiger partial charge in [0.05, 0.1) is 23.1 Å². The molecule has 0 saturated carbocycles. The highest BCUT2D eigenvalue weighted by atomic mass is 32.2. The van der Waals surface area contributed by atoms with Crippen LogP contribution in [0.15, 0.2) is 45.7 Å². The first-order chi connectivity index (χ1) is 13.0. The number of hydrogen-bond donors (Lipinski definition) is 0. The van der Waals surface area contributed by atoms with Gasteiger partial charge in [0, 0.05) is 11.6 Å². The zero-order valence-corrected chi connectivity index (χ0v) is 15.1. The van der Waals surface area contributed by atoms with Crippen LogP contribution in [0.5, 0.6) is 0 Å². The second-order valence-corrected chi connectivity index (χ2v) is 6.43. The number of imide groups is 1. The van der Waals surface area contributed by atoms with Gasteiger partial charge >= 0.3 is 5.97 Å². The van der Waals surface area contributed by atoms with Gasteiger partial charge in [-0.05, 0) is 43.0 Å². The number of nitriles is 1. The van der Waals surface area contributed by atoms with E-state index in [4.69, 9.17) is 9.15 Å². The molecular formula is C19H14N2O5S. The van der Waals surface area contributed by atoms with Gasteiger partial charge in [-0.25, -0.2) is 0 Å². The van der Waals surface area contributed by atoms with E-state index in [9.17, 15) is 19.6 Å². The first kappa shape index (κ1) is 18.5. The van der Waals surface area contributed by atoms with Gasteiger partial charge in [-0.3, -0.25) is 19.3 Å². The number of benzene rings is 1. The Hall–Kier alpha value is -3.31. The summed E-state index contributed by atoms with van der Waals surface area (Å²) in [7, 11) is 0. The molecule has 0 unspecified atom stereocenters. The molecule has 0 radical (unpaired) electrons. The van der Waals surface area contributed by atoms with Gasteiger partial charge < -0.3 is 9.15 Å². The molecular weight excluding hydrogens is 368 g/mol. The molecule has 0 atom stereocenters. The van der Waals surface area contributed by atoms with Crippen molar-refractivity contribution in [1.82, 2.24) is 4.90 Å². The van der Waals surface area contributed by atoms with E-state index < -0.39 is 23.7 Å². The molecule has 1 aromatic carbocycles. The summed E-state index contributed by atoms with van der Waals surface area (Å²) in [6.07, 6.45) is 1.44. The van der Waals surface area contributed by atoms with Crippen molar-refractivity contribution in [3.63, 3.8) is 0 Å². The van der Waals surface area contributed by atoms with Gasteiger partial charge in [0.1, 0.15) is 18.1 Å². The molecule has 1 saturated heterocycles. The van der Waals surface area contributed by atoms with Crippen molar-refractivity contribution in [1.29, 1.82) is 5.26 Å². The summed E-state index contributed by atoms with van der Waals surface area (Å²) in [5.74, 6) is -0.383. The van der Waals surface area contributed by atoms with Gasteiger partial charge in [0.2, 0.25) is 0 Å². The number of esters is 1. The third-order valence-electron chi connectivity index (χ3n) is 3.68. The Labute approximate surface area is 159 Å². The van der Waals surface area contributed by atoms with E-state index >= 15 is 0 Å². The van der Waals surface area contributed by atoms with Crippen LogP contribution in [0.2, 0.25) is 0 Å². The average Bonchev–Trinajstić information content (AvgIpc) is 3.22. The van der Waals surface area contributed by atoms with Gasteiger partial charge in [-0.2, -0.15) is 5.26 Å². The third-order valence-corrected chi connectivity index (χ3v) is 4.59. The predicted octanol–water partition coefficient (Wildman–Crippen LogP) is 3.42. The van der Waals surface area contributed by atoms with E-state index in [1.165, 1.54) is 6.08 Å². The van der Waals surface area contributed by atoms with E-state index in [2.05, 4.69) is 6.07 Å². The molecule has 2 aromatic rings. The lowest BCUT2D eigenvalue weighted by atomic mass is 10.1. The molecule has 0 bridgehead atoms. The molecule has 0 aliphatic carbocycles. The van der Waals surface area contributed by atoms with Crippen LogP contribution in [0.3, 0.4) is 0 Å². The second-order valence-electron chi connectivity index (χ2n) is 5.43. The van der Waals surface area contributed by atoms with Gasteiger partial charge in [0.15, 0.2) is 0 Å². The number of nitrogens with zero attached hydrogens (tertiary/aromatic N) is 2. The highest BCUT2D eigenvalue weighted by molar-refractivity contribution is 8.18. The normalized spacial score (nSPS) is 15.3. The highest BCUT2D eigenvalue weighted by Gasteiger charge is 2.36. The zero-order valence-electron chi connectivity index (χ0n) is 14.3. The van der Waals surface area contributed by atoms with Gasteiger partial charge in [0.25, 0.3) is 11.1 Å². The molecule has 8 heteroatoms. The van der Waals surface area contributed by atoms with Crippen LogP contribution in [-0.4, -0.2) is 35.2 Å². The first-order valence-corrected chi connectivity index (χ1v) is 8.85. The summed E-state index contributed by atoms with van der Waals surface area (Å²) in [6, 6.07) is 12.4. The maximum Gasteiger partial charge on any atom is 0.326 e. The highest BCUT2D eigenvalue weighted by Crippen LogP contribution is 2.33. The van der Waals surface area contributed by atoms with Crippen LogP contribution in [-0.2, 0) is 14.3 Å². The van der Waals surface area contributed by atoms with Crippen molar-refractivity contribution in [2.24, 2.45) is 0 Å². The number of rotatable bonds is 5. The topological polar surface area (TPSA) is 101 Å². The van der Waals surface area contributed by atoms with E-state index in [0.29, 0.717) is 22.6 Å². The maximum absolute atomic E-state index is 12.4. The van der Waals surface area contributed by atoms with E-state index in [-0.39, 0.29) is 11.5 Å². The molecule has 1 aromatic heterocycles. The van der Waals surface area contributed by atoms with Gasteiger partial charge in [-0.15, -0.1) is 0 Å². The van der Waals surface area contributed by atoms with Crippen molar-refractivity contribution in [2.75, 3.05) is 13.2 Å². The van der Waals surface area contributed by atoms with E-state index in [0.717, 1.165) is 16.7 Å². The molecule has 136 valence electrons. The molecule has 1 aliphatic rings. The lowest BCUT2D eigenvalue weighted by molar-refractivity contribution is -0.145. The van der Waals surface area contributed by atoms with Crippen molar-refractivity contribution in [3.05, 3.63) is 52.6 Å². The molecule has 0 N–H and O–H groups in total. The van der Waals surface area contributed by atoms with E-state index in [1.54, 1.807) is 43.3 Å². The smallest absolute Gasteiger partial charge is 0.326 e. The second kappa shape index (κ2) is 7.93. The number of carbonyl (C=O) groups excluding carboxylic acids is 3. The minimum Gasteiger partial charge on any atom is -0.465 e. The monoisotopic (exact) mass is 382 g/mol. The van der Waals surface area contributed by atoms with Crippen molar-refractivity contribution >= 4 is 35.0 Å². The molecule has 3 rings (SSSR count).